The number of carbonyl (C=O) groups excluding carboxylic acids is 3. The minimum absolute atomic E-state index is 0.157. The zero-order chi connectivity index (χ0) is 23.3. The largest absolute Gasteiger partial charge is 0.460 e. The molecule has 30 heavy (non-hydrogen) atoms. The van der Waals surface area contributed by atoms with Crippen LogP contribution in [0.3, 0.4) is 0 Å². The van der Waals surface area contributed by atoms with Gasteiger partial charge in [-0.05, 0) is 54.0 Å². The molecule has 0 aromatic heterocycles. The second-order valence-corrected chi connectivity index (χ2v) is 9.02. The van der Waals surface area contributed by atoms with E-state index in [-0.39, 0.29) is 24.1 Å². The van der Waals surface area contributed by atoms with Gasteiger partial charge in [0.15, 0.2) is 5.78 Å². The molecule has 0 saturated heterocycles. The number of hydrogen-bond donors (Lipinski definition) is 1. The Kier molecular flexibility index (Phi) is 8.09. The number of nitro groups is 1. The second kappa shape index (κ2) is 9.69. The number of amides is 1. The van der Waals surface area contributed by atoms with Crippen LogP contribution in [-0.2, 0) is 14.3 Å². The summed E-state index contributed by atoms with van der Waals surface area (Å²) in [5, 5.41) is 13.6. The van der Waals surface area contributed by atoms with Crippen LogP contribution in [-0.4, -0.2) is 40.0 Å². The average molecular weight is 422 g/mol. The van der Waals surface area contributed by atoms with E-state index < -0.39 is 40.0 Å². The highest BCUT2D eigenvalue weighted by molar-refractivity contribution is 5.98. The maximum Gasteiger partial charge on any atom is 0.407 e. The van der Waals surface area contributed by atoms with Gasteiger partial charge in [-0.1, -0.05) is 6.07 Å². The maximum atomic E-state index is 12.8. The summed E-state index contributed by atoms with van der Waals surface area (Å²) in [6.45, 7) is 11.8. The summed E-state index contributed by atoms with van der Waals surface area (Å²) in [6, 6.07) is 3.08. The summed E-state index contributed by atoms with van der Waals surface area (Å²) >= 11 is 0. The van der Waals surface area contributed by atoms with E-state index in [1.54, 1.807) is 48.5 Å². The highest BCUT2D eigenvalue weighted by atomic mass is 16.6. The number of esters is 1. The first-order chi connectivity index (χ1) is 13.6. The topological polar surface area (TPSA) is 125 Å². The average Bonchev–Trinajstić information content (AvgIpc) is 2.50. The minimum Gasteiger partial charge on any atom is -0.460 e. The molecule has 0 bridgehead atoms. The normalized spacial score (nSPS) is 12.6. The van der Waals surface area contributed by atoms with E-state index in [4.69, 9.17) is 9.47 Å². The van der Waals surface area contributed by atoms with Crippen molar-refractivity contribution in [3.8, 4) is 0 Å². The molecule has 1 N–H and O–H groups in total. The van der Waals surface area contributed by atoms with Crippen molar-refractivity contribution in [1.82, 2.24) is 5.32 Å². The number of nitrogens with one attached hydrogen (secondary N) is 1. The molecule has 0 radical (unpaired) electrons. The van der Waals surface area contributed by atoms with Gasteiger partial charge in [-0.15, -0.1) is 0 Å². The van der Waals surface area contributed by atoms with Crippen LogP contribution >= 0.6 is 0 Å². The van der Waals surface area contributed by atoms with Crippen LogP contribution in [0, 0.1) is 17.0 Å². The summed E-state index contributed by atoms with van der Waals surface area (Å²) in [7, 11) is 0. The van der Waals surface area contributed by atoms with Crippen molar-refractivity contribution >= 4 is 23.5 Å². The van der Waals surface area contributed by atoms with Crippen molar-refractivity contribution in [1.29, 1.82) is 0 Å². The van der Waals surface area contributed by atoms with Gasteiger partial charge < -0.3 is 14.8 Å². The number of nitrogens with zero attached hydrogens (tertiary/aromatic N) is 1. The van der Waals surface area contributed by atoms with E-state index >= 15 is 0 Å². The summed E-state index contributed by atoms with van der Waals surface area (Å²) < 4.78 is 10.5. The zero-order valence-electron chi connectivity index (χ0n) is 18.5. The third kappa shape index (κ3) is 9.02. The van der Waals surface area contributed by atoms with Crippen LogP contribution in [0.25, 0.3) is 0 Å². The molecule has 1 aromatic carbocycles. The number of rotatable bonds is 7. The first kappa shape index (κ1) is 25.1. The Morgan fingerprint density at radius 1 is 1.03 bits per heavy atom. The second-order valence-electron chi connectivity index (χ2n) is 9.02. The predicted octanol–water partition coefficient (Wildman–Crippen LogP) is 4.10. The quantitative estimate of drug-likeness (QED) is 0.303. The molecule has 0 heterocycles. The molecule has 1 rings (SSSR count). The molecule has 0 aliphatic rings. The van der Waals surface area contributed by atoms with Gasteiger partial charge in [0.1, 0.15) is 11.2 Å². The third-order valence-electron chi connectivity index (χ3n) is 3.72. The molecule has 1 aromatic rings. The number of Topliss-reactive ketones (excluding diaryl/α,β-unsaturated/α-hetero) is 1. The molecule has 9 nitrogen and oxygen atoms in total. The number of aryl methyl sites for hydroxylation is 1. The Balaban J connectivity index is 3.05. The molecule has 166 valence electrons. The van der Waals surface area contributed by atoms with Crippen LogP contribution in [0.1, 0.15) is 70.3 Å². The van der Waals surface area contributed by atoms with Gasteiger partial charge in [0.05, 0.1) is 11.3 Å². The van der Waals surface area contributed by atoms with E-state index in [0.717, 1.165) is 0 Å². The fraction of sp³-hybridized carbons (Fsp3) is 0.571. The van der Waals surface area contributed by atoms with Crippen molar-refractivity contribution < 1.29 is 28.8 Å². The monoisotopic (exact) mass is 422 g/mol. The van der Waals surface area contributed by atoms with E-state index in [2.05, 4.69) is 5.32 Å². The van der Waals surface area contributed by atoms with Gasteiger partial charge in [0.2, 0.25) is 0 Å². The van der Waals surface area contributed by atoms with E-state index in [9.17, 15) is 24.5 Å². The van der Waals surface area contributed by atoms with Crippen LogP contribution in [0.15, 0.2) is 18.2 Å². The van der Waals surface area contributed by atoms with Crippen molar-refractivity contribution in [3.05, 3.63) is 39.4 Å². The van der Waals surface area contributed by atoms with Gasteiger partial charge in [-0.3, -0.25) is 19.7 Å². The molecule has 0 aliphatic heterocycles. The first-order valence-corrected chi connectivity index (χ1v) is 9.57. The number of carbonyl (C=O) groups is 3. The highest BCUT2D eigenvalue weighted by Gasteiger charge is 2.27. The molecule has 0 aliphatic carbocycles. The van der Waals surface area contributed by atoms with Gasteiger partial charge in [0.25, 0.3) is 5.69 Å². The smallest absolute Gasteiger partial charge is 0.407 e. The van der Waals surface area contributed by atoms with E-state index in [1.807, 2.05) is 0 Å². The lowest BCUT2D eigenvalue weighted by atomic mass is 9.97. The Hall–Kier alpha value is -2.97. The molecule has 0 spiro atoms. The van der Waals surface area contributed by atoms with Gasteiger partial charge >= 0.3 is 12.1 Å². The Bertz CT molecular complexity index is 790. The standard InChI is InChI=1S/C21H30N2O7/c1-13-8-9-15(23(27)28)12-16(13)17(24)10-14(11-18(25)29-20(2,3)4)22-19(26)30-21(5,6)7/h8-9,12,14H,10-11H2,1-7H3,(H,22,26). The van der Waals surface area contributed by atoms with Crippen LogP contribution in [0.2, 0.25) is 0 Å². The Morgan fingerprint density at radius 3 is 2.10 bits per heavy atom. The molecule has 9 heteroatoms. The van der Waals surface area contributed by atoms with Gasteiger partial charge in [0, 0.05) is 30.2 Å². The summed E-state index contributed by atoms with van der Waals surface area (Å²) in [5.41, 5.74) is -0.994. The molecular weight excluding hydrogens is 392 g/mol. The van der Waals surface area contributed by atoms with Crippen LogP contribution in [0.4, 0.5) is 10.5 Å². The number of nitro benzene ring substituents is 1. The molecule has 1 atom stereocenters. The van der Waals surface area contributed by atoms with Crippen LogP contribution < -0.4 is 5.32 Å². The fourth-order valence-electron chi connectivity index (χ4n) is 2.59. The van der Waals surface area contributed by atoms with Gasteiger partial charge in [-0.2, -0.15) is 0 Å². The SMILES string of the molecule is Cc1ccc([N+](=O)[O-])cc1C(=O)CC(CC(=O)OC(C)(C)C)NC(=O)OC(C)(C)C. The minimum atomic E-state index is -0.902. The van der Waals surface area contributed by atoms with Crippen molar-refractivity contribution in [2.24, 2.45) is 0 Å². The number of ether oxygens (including phenoxy) is 2. The number of benzene rings is 1. The predicted molar refractivity (Wildman–Crippen MR) is 110 cm³/mol. The van der Waals surface area contributed by atoms with E-state index in [1.165, 1.54) is 18.2 Å². The van der Waals surface area contributed by atoms with Gasteiger partial charge in [-0.25, -0.2) is 4.79 Å². The molecular formula is C21H30N2O7. The summed E-state index contributed by atoms with van der Waals surface area (Å²) in [5.74, 6) is -1.03. The van der Waals surface area contributed by atoms with Crippen LogP contribution in [0.5, 0.6) is 0 Å². The zero-order valence-corrected chi connectivity index (χ0v) is 18.5. The highest BCUT2D eigenvalue weighted by Crippen LogP contribution is 2.20. The van der Waals surface area contributed by atoms with Crippen molar-refractivity contribution in [3.63, 3.8) is 0 Å². The van der Waals surface area contributed by atoms with Crippen molar-refractivity contribution in [2.75, 3.05) is 0 Å². The number of non-ortho nitro benzene ring substituents is 1. The summed E-state index contributed by atoms with van der Waals surface area (Å²) in [4.78, 5) is 47.7. The number of alkyl carbamates (subject to hydrolysis) is 1. The Morgan fingerprint density at radius 2 is 1.60 bits per heavy atom. The molecule has 0 saturated carbocycles. The number of hydrogen-bond acceptors (Lipinski definition) is 7. The lowest BCUT2D eigenvalue weighted by molar-refractivity contribution is -0.384. The lowest BCUT2D eigenvalue weighted by Crippen LogP contribution is -2.42. The Labute approximate surface area is 176 Å². The summed E-state index contributed by atoms with van der Waals surface area (Å²) in [6.07, 6.45) is -1.28. The third-order valence-corrected chi connectivity index (χ3v) is 3.72. The maximum absolute atomic E-state index is 12.8. The fourth-order valence-corrected chi connectivity index (χ4v) is 2.59. The van der Waals surface area contributed by atoms with Crippen molar-refractivity contribution in [2.45, 2.75) is 78.6 Å². The number of ketones is 1. The first-order valence-electron chi connectivity index (χ1n) is 9.57. The lowest BCUT2D eigenvalue weighted by Gasteiger charge is -2.25. The molecule has 1 unspecified atom stereocenters. The van der Waals surface area contributed by atoms with E-state index in [0.29, 0.717) is 5.56 Å². The molecule has 0 fully saturated rings. The molecule has 1 amide bonds.